The molecular formula is C27H31N3O3. The summed E-state index contributed by atoms with van der Waals surface area (Å²) < 4.78 is 0. The van der Waals surface area contributed by atoms with Crippen molar-refractivity contribution >= 4 is 11.8 Å². The normalized spacial score (nSPS) is 22.9. The van der Waals surface area contributed by atoms with Crippen LogP contribution in [-0.2, 0) is 11.3 Å². The van der Waals surface area contributed by atoms with Crippen LogP contribution in [-0.4, -0.2) is 52.5 Å². The van der Waals surface area contributed by atoms with Crippen LogP contribution in [0.2, 0.25) is 0 Å². The Hall–Kier alpha value is -2.96. The van der Waals surface area contributed by atoms with Gasteiger partial charge in [0, 0.05) is 17.8 Å². The number of hydrogen-bond donors (Lipinski definition) is 2. The lowest BCUT2D eigenvalue weighted by Gasteiger charge is -2.37. The van der Waals surface area contributed by atoms with Gasteiger partial charge in [-0.25, -0.2) is 0 Å². The number of piperidine rings is 2. The Morgan fingerprint density at radius 1 is 1.06 bits per heavy atom. The molecule has 2 aromatic rings. The van der Waals surface area contributed by atoms with Gasteiger partial charge >= 0.3 is 0 Å². The molecule has 3 aliphatic rings. The predicted molar refractivity (Wildman–Crippen MR) is 126 cm³/mol. The highest BCUT2D eigenvalue weighted by molar-refractivity contribution is 6.01. The van der Waals surface area contributed by atoms with Gasteiger partial charge in [-0.15, -0.1) is 0 Å². The van der Waals surface area contributed by atoms with Crippen molar-refractivity contribution in [2.45, 2.75) is 50.2 Å². The lowest BCUT2D eigenvalue weighted by atomic mass is 9.87. The molecule has 33 heavy (non-hydrogen) atoms. The average Bonchev–Trinajstić information content (AvgIpc) is 3.16. The van der Waals surface area contributed by atoms with Gasteiger partial charge in [0.2, 0.25) is 5.91 Å². The number of nitrogens with zero attached hydrogens (tertiary/aromatic N) is 2. The van der Waals surface area contributed by atoms with E-state index < -0.39 is 6.04 Å². The number of carbonyl (C=O) groups is 2. The van der Waals surface area contributed by atoms with Crippen LogP contribution in [0.3, 0.4) is 0 Å². The molecule has 2 fully saturated rings. The lowest BCUT2D eigenvalue weighted by Crippen LogP contribution is -2.49. The van der Waals surface area contributed by atoms with Crippen molar-refractivity contribution in [2.24, 2.45) is 0 Å². The highest BCUT2D eigenvalue weighted by Crippen LogP contribution is 2.35. The Bertz CT molecular complexity index is 1060. The van der Waals surface area contributed by atoms with Gasteiger partial charge in [0.15, 0.2) is 0 Å². The number of likely N-dealkylation sites (tertiary alicyclic amines) is 1. The molecule has 172 valence electrons. The van der Waals surface area contributed by atoms with E-state index in [9.17, 15) is 14.7 Å². The molecule has 2 amide bonds. The molecule has 0 radical (unpaired) electrons. The molecule has 2 atom stereocenters. The predicted octanol–water partition coefficient (Wildman–Crippen LogP) is 3.35. The van der Waals surface area contributed by atoms with Gasteiger partial charge in [0.05, 0.1) is 12.6 Å². The molecule has 0 bridgehead atoms. The fraction of sp³-hybridized carbons (Fsp3) is 0.407. The molecule has 0 aromatic heterocycles. The summed E-state index contributed by atoms with van der Waals surface area (Å²) in [5, 5.41) is 12.8. The summed E-state index contributed by atoms with van der Waals surface area (Å²) in [5.41, 5.74) is 4.90. The summed E-state index contributed by atoms with van der Waals surface area (Å²) in [6.45, 7) is 6.30. The van der Waals surface area contributed by atoms with Gasteiger partial charge in [0.1, 0.15) is 6.04 Å². The molecule has 3 aliphatic heterocycles. The molecule has 6 heteroatoms. The fourth-order valence-electron chi connectivity index (χ4n) is 5.58. The number of amides is 2. The van der Waals surface area contributed by atoms with Gasteiger partial charge < -0.3 is 15.3 Å². The van der Waals surface area contributed by atoms with E-state index in [0.29, 0.717) is 25.3 Å². The second-order valence-electron chi connectivity index (χ2n) is 9.42. The number of nitrogens with one attached hydrogen (secondary N) is 1. The van der Waals surface area contributed by atoms with Crippen molar-refractivity contribution < 1.29 is 14.7 Å². The standard InChI is InChI=1S/C27H31N3O3/c1-18-7-10-24(26(32)28-18)30-16-22-15-21(8-9-23(22)27(30)33)19-11-13-29(14-12-19)25(17-31)20-5-3-2-4-6-20/h2-6,8-9,15,19,24-25,31H,1,7,10-14,16-17H2,(H,28,32)/t24?,25-/m0/s1. The van der Waals surface area contributed by atoms with Gasteiger partial charge in [-0.1, -0.05) is 49.0 Å². The van der Waals surface area contributed by atoms with Crippen LogP contribution in [0.5, 0.6) is 0 Å². The molecule has 3 heterocycles. The van der Waals surface area contributed by atoms with Gasteiger partial charge in [-0.05, 0) is 67.4 Å². The number of carbonyl (C=O) groups excluding carboxylic acids is 2. The summed E-state index contributed by atoms with van der Waals surface area (Å²) in [6, 6.07) is 16.0. The number of fused-ring (bicyclic) bond motifs is 1. The van der Waals surface area contributed by atoms with Crippen LogP contribution in [0.4, 0.5) is 0 Å². The maximum absolute atomic E-state index is 13.0. The number of allylic oxidation sites excluding steroid dienone is 1. The first-order chi connectivity index (χ1) is 16.0. The highest BCUT2D eigenvalue weighted by Gasteiger charge is 2.38. The Kier molecular flexibility index (Phi) is 6.04. The molecular weight excluding hydrogens is 414 g/mol. The van der Waals surface area contributed by atoms with E-state index in [1.54, 1.807) is 4.90 Å². The van der Waals surface area contributed by atoms with Crippen LogP contribution >= 0.6 is 0 Å². The topological polar surface area (TPSA) is 72.9 Å². The van der Waals surface area contributed by atoms with E-state index in [2.05, 4.69) is 41.1 Å². The second kappa shape index (κ2) is 9.12. The van der Waals surface area contributed by atoms with Gasteiger partial charge in [-0.2, -0.15) is 0 Å². The third-order valence-electron chi connectivity index (χ3n) is 7.46. The SMILES string of the molecule is C=C1CCC(N2Cc3cc(C4CCN([C@@H](CO)c5ccccc5)CC4)ccc3C2=O)C(=O)N1. The van der Waals surface area contributed by atoms with Crippen molar-refractivity contribution in [3.8, 4) is 0 Å². The van der Waals surface area contributed by atoms with E-state index in [0.717, 1.165) is 48.3 Å². The third kappa shape index (κ3) is 4.21. The first-order valence-electron chi connectivity index (χ1n) is 11.9. The summed E-state index contributed by atoms with van der Waals surface area (Å²) >= 11 is 0. The first kappa shape index (κ1) is 21.9. The van der Waals surface area contributed by atoms with E-state index in [-0.39, 0.29) is 24.5 Å². The van der Waals surface area contributed by atoms with E-state index >= 15 is 0 Å². The Labute approximate surface area is 194 Å². The van der Waals surface area contributed by atoms with E-state index in [4.69, 9.17) is 0 Å². The zero-order chi connectivity index (χ0) is 22.9. The Morgan fingerprint density at radius 3 is 2.52 bits per heavy atom. The number of aliphatic hydroxyl groups excluding tert-OH is 1. The van der Waals surface area contributed by atoms with E-state index in [1.807, 2.05) is 24.3 Å². The molecule has 0 spiro atoms. The molecule has 5 rings (SSSR count). The van der Waals surface area contributed by atoms with Crippen molar-refractivity contribution in [1.29, 1.82) is 0 Å². The van der Waals surface area contributed by atoms with Crippen LogP contribution in [0, 0.1) is 0 Å². The number of benzene rings is 2. The lowest BCUT2D eigenvalue weighted by molar-refractivity contribution is -0.126. The minimum absolute atomic E-state index is 0.0380. The van der Waals surface area contributed by atoms with Gasteiger partial charge in [-0.3, -0.25) is 14.5 Å². The molecule has 2 saturated heterocycles. The zero-order valence-corrected chi connectivity index (χ0v) is 18.9. The molecule has 2 aromatic carbocycles. The summed E-state index contributed by atoms with van der Waals surface area (Å²) in [4.78, 5) is 29.5. The van der Waals surface area contributed by atoms with Crippen LogP contribution in [0.15, 0.2) is 60.8 Å². The molecule has 0 aliphatic carbocycles. The van der Waals surface area contributed by atoms with Crippen LogP contribution < -0.4 is 5.32 Å². The summed E-state index contributed by atoms with van der Waals surface area (Å²) in [5.74, 6) is 0.261. The zero-order valence-electron chi connectivity index (χ0n) is 18.9. The number of aliphatic hydroxyl groups is 1. The van der Waals surface area contributed by atoms with Gasteiger partial charge in [0.25, 0.3) is 5.91 Å². The van der Waals surface area contributed by atoms with Crippen molar-refractivity contribution in [2.75, 3.05) is 19.7 Å². The van der Waals surface area contributed by atoms with Crippen LogP contribution in [0.1, 0.15) is 64.7 Å². The average molecular weight is 446 g/mol. The smallest absolute Gasteiger partial charge is 0.255 e. The number of rotatable bonds is 5. The fourth-order valence-corrected chi connectivity index (χ4v) is 5.58. The molecule has 6 nitrogen and oxygen atoms in total. The van der Waals surface area contributed by atoms with Crippen LogP contribution in [0.25, 0.3) is 0 Å². The van der Waals surface area contributed by atoms with Crippen molar-refractivity contribution in [3.05, 3.63) is 83.1 Å². The summed E-state index contributed by atoms with van der Waals surface area (Å²) in [6.07, 6.45) is 3.38. The molecule has 0 saturated carbocycles. The quantitative estimate of drug-likeness (QED) is 0.740. The summed E-state index contributed by atoms with van der Waals surface area (Å²) in [7, 11) is 0. The Balaban J connectivity index is 1.26. The molecule has 1 unspecified atom stereocenters. The number of hydrogen-bond acceptors (Lipinski definition) is 4. The maximum Gasteiger partial charge on any atom is 0.255 e. The first-order valence-corrected chi connectivity index (χ1v) is 11.9. The third-order valence-corrected chi connectivity index (χ3v) is 7.46. The van der Waals surface area contributed by atoms with Crippen molar-refractivity contribution in [3.63, 3.8) is 0 Å². The minimum atomic E-state index is -0.421. The second-order valence-corrected chi connectivity index (χ2v) is 9.42. The maximum atomic E-state index is 13.0. The van der Waals surface area contributed by atoms with E-state index in [1.165, 1.54) is 5.56 Å². The molecule has 2 N–H and O–H groups in total. The monoisotopic (exact) mass is 445 g/mol. The minimum Gasteiger partial charge on any atom is -0.394 e. The Morgan fingerprint density at radius 2 is 1.82 bits per heavy atom. The largest absolute Gasteiger partial charge is 0.394 e. The van der Waals surface area contributed by atoms with Crippen molar-refractivity contribution in [1.82, 2.24) is 15.1 Å². The highest BCUT2D eigenvalue weighted by atomic mass is 16.3.